The number of rotatable bonds is 6. The smallest absolute Gasteiger partial charge is 0.416 e. The fourth-order valence-electron chi connectivity index (χ4n) is 4.52. The molecule has 0 radical (unpaired) electrons. The predicted molar refractivity (Wildman–Crippen MR) is 117 cm³/mol. The number of hydrogen-bond acceptors (Lipinski definition) is 4. The summed E-state index contributed by atoms with van der Waals surface area (Å²) in [6.07, 6.45) is -4.07. The average Bonchev–Trinajstić information content (AvgIpc) is 3.62. The van der Waals surface area contributed by atoms with Crippen LogP contribution in [0.5, 0.6) is 5.75 Å². The van der Waals surface area contributed by atoms with Gasteiger partial charge in [-0.1, -0.05) is 18.2 Å². The van der Waals surface area contributed by atoms with Crippen molar-refractivity contribution in [1.29, 1.82) is 0 Å². The third-order valence-electron chi connectivity index (χ3n) is 6.85. The van der Waals surface area contributed by atoms with E-state index in [0.29, 0.717) is 24.7 Å². The number of benzene rings is 2. The van der Waals surface area contributed by atoms with Crippen molar-refractivity contribution in [3.8, 4) is 5.75 Å². The average molecular weight is 500 g/mol. The molecule has 34 heavy (non-hydrogen) atoms. The van der Waals surface area contributed by atoms with Crippen LogP contribution in [-0.4, -0.2) is 32.5 Å². The van der Waals surface area contributed by atoms with Crippen molar-refractivity contribution >= 4 is 15.7 Å². The Morgan fingerprint density at radius 2 is 1.65 bits per heavy atom. The molecule has 2 aliphatic carbocycles. The SMILES string of the molecule is COc1ccc(C2(C(=O)N[C@H]3CC[C@@](F)(S(=O)(=O)c4cccc(C(F)(F)F)c4)CC3)CC2)cc1. The van der Waals surface area contributed by atoms with Gasteiger partial charge in [-0.05, 0) is 74.4 Å². The van der Waals surface area contributed by atoms with E-state index in [-0.39, 0.29) is 18.7 Å². The van der Waals surface area contributed by atoms with Crippen LogP contribution in [0.2, 0.25) is 0 Å². The summed E-state index contributed by atoms with van der Waals surface area (Å²) in [6, 6.07) is 9.96. The maximum absolute atomic E-state index is 15.6. The first kappa shape index (κ1) is 24.5. The maximum Gasteiger partial charge on any atom is 0.416 e. The molecule has 0 heterocycles. The minimum Gasteiger partial charge on any atom is -0.497 e. The molecule has 2 fully saturated rings. The van der Waals surface area contributed by atoms with E-state index in [1.54, 1.807) is 19.2 Å². The number of methoxy groups -OCH3 is 1. The van der Waals surface area contributed by atoms with Gasteiger partial charge in [-0.2, -0.15) is 13.2 Å². The first-order valence-corrected chi connectivity index (χ1v) is 12.5. The molecule has 4 rings (SSSR count). The Bertz CT molecular complexity index is 1170. The van der Waals surface area contributed by atoms with Crippen LogP contribution < -0.4 is 10.1 Å². The van der Waals surface area contributed by atoms with Crippen molar-refractivity contribution in [1.82, 2.24) is 5.32 Å². The molecule has 0 atom stereocenters. The van der Waals surface area contributed by atoms with Crippen LogP contribution in [0.25, 0.3) is 0 Å². The highest BCUT2D eigenvalue weighted by Gasteiger charge is 2.53. The molecule has 5 nitrogen and oxygen atoms in total. The lowest BCUT2D eigenvalue weighted by molar-refractivity contribution is -0.137. The second-order valence-electron chi connectivity index (χ2n) is 8.97. The van der Waals surface area contributed by atoms with E-state index < -0.39 is 55.8 Å². The number of sulfone groups is 1. The van der Waals surface area contributed by atoms with E-state index in [1.807, 2.05) is 12.1 Å². The molecule has 1 N–H and O–H groups in total. The normalized spacial score (nSPS) is 24.3. The summed E-state index contributed by atoms with van der Waals surface area (Å²) < 4.78 is 85.5. The van der Waals surface area contributed by atoms with E-state index in [1.165, 1.54) is 0 Å². The monoisotopic (exact) mass is 499 g/mol. The molecule has 0 saturated heterocycles. The molecule has 10 heteroatoms. The number of halogens is 4. The Kier molecular flexibility index (Phi) is 6.16. The highest BCUT2D eigenvalue weighted by atomic mass is 32.2. The van der Waals surface area contributed by atoms with Gasteiger partial charge in [0.2, 0.25) is 20.7 Å². The Morgan fingerprint density at radius 3 is 2.18 bits per heavy atom. The molecule has 0 unspecified atom stereocenters. The van der Waals surface area contributed by atoms with Crippen molar-refractivity contribution in [2.24, 2.45) is 0 Å². The second kappa shape index (κ2) is 8.55. The molecular weight excluding hydrogens is 474 g/mol. The van der Waals surface area contributed by atoms with Gasteiger partial charge in [0.15, 0.2) is 0 Å². The summed E-state index contributed by atoms with van der Waals surface area (Å²) in [7, 11) is -3.10. The van der Waals surface area contributed by atoms with Crippen LogP contribution in [0.3, 0.4) is 0 Å². The third kappa shape index (κ3) is 4.39. The van der Waals surface area contributed by atoms with Crippen molar-refractivity contribution in [3.05, 3.63) is 59.7 Å². The molecule has 0 bridgehead atoms. The highest BCUT2D eigenvalue weighted by molar-refractivity contribution is 7.92. The fourth-order valence-corrected chi connectivity index (χ4v) is 6.25. The van der Waals surface area contributed by atoms with Crippen LogP contribution in [0.1, 0.15) is 49.7 Å². The lowest BCUT2D eigenvalue weighted by Crippen LogP contribution is -2.47. The van der Waals surface area contributed by atoms with Crippen molar-refractivity contribution in [3.63, 3.8) is 0 Å². The summed E-state index contributed by atoms with van der Waals surface area (Å²) in [4.78, 5) is 12.3. The molecule has 1 amide bonds. The molecule has 184 valence electrons. The molecule has 0 spiro atoms. The number of ether oxygens (including phenoxy) is 1. The zero-order valence-corrected chi connectivity index (χ0v) is 19.3. The Hall–Kier alpha value is -2.62. The quantitative estimate of drug-likeness (QED) is 0.572. The largest absolute Gasteiger partial charge is 0.497 e. The maximum atomic E-state index is 15.6. The summed E-state index contributed by atoms with van der Waals surface area (Å²) in [5.41, 5.74) is -0.944. The highest BCUT2D eigenvalue weighted by Crippen LogP contribution is 2.49. The molecule has 2 saturated carbocycles. The zero-order valence-electron chi connectivity index (χ0n) is 18.5. The zero-order chi connectivity index (χ0) is 24.8. The van der Waals surface area contributed by atoms with Gasteiger partial charge < -0.3 is 10.1 Å². The van der Waals surface area contributed by atoms with Crippen molar-refractivity contribution < 1.29 is 35.5 Å². The first-order valence-electron chi connectivity index (χ1n) is 11.0. The van der Waals surface area contributed by atoms with Gasteiger partial charge in [-0.3, -0.25) is 4.79 Å². The number of nitrogens with one attached hydrogen (secondary N) is 1. The van der Waals surface area contributed by atoms with Gasteiger partial charge in [0.05, 0.1) is 23.0 Å². The number of carbonyl (C=O) groups is 1. The number of hydrogen-bond donors (Lipinski definition) is 1. The van der Waals surface area contributed by atoms with Gasteiger partial charge >= 0.3 is 6.18 Å². The summed E-state index contributed by atoms with van der Waals surface area (Å²) in [5, 5.41) is 0.237. The molecule has 0 aromatic heterocycles. The summed E-state index contributed by atoms with van der Waals surface area (Å²) in [5.74, 6) is 0.489. The molecule has 2 aromatic carbocycles. The van der Waals surface area contributed by atoms with Crippen LogP contribution >= 0.6 is 0 Å². The van der Waals surface area contributed by atoms with Crippen LogP contribution in [-0.2, 0) is 26.2 Å². The number of carbonyl (C=O) groups excluding carboxylic acids is 1. The lowest BCUT2D eigenvalue weighted by Gasteiger charge is -2.34. The number of alkyl halides is 4. The van der Waals surface area contributed by atoms with E-state index in [4.69, 9.17) is 4.74 Å². The minimum absolute atomic E-state index is 0.0686. The van der Waals surface area contributed by atoms with Gasteiger partial charge in [0.25, 0.3) is 0 Å². The van der Waals surface area contributed by atoms with Gasteiger partial charge in [-0.15, -0.1) is 0 Å². The topological polar surface area (TPSA) is 72.5 Å². The molecule has 2 aromatic rings. The van der Waals surface area contributed by atoms with E-state index in [2.05, 4.69) is 5.32 Å². The van der Waals surface area contributed by atoms with Gasteiger partial charge in [0.1, 0.15) is 5.75 Å². The van der Waals surface area contributed by atoms with Crippen LogP contribution in [0, 0.1) is 0 Å². The Morgan fingerprint density at radius 1 is 1.03 bits per heavy atom. The Labute approximate surface area is 195 Å². The van der Waals surface area contributed by atoms with E-state index >= 15 is 4.39 Å². The predicted octanol–water partition coefficient (Wildman–Crippen LogP) is 4.94. The first-order chi connectivity index (χ1) is 15.9. The van der Waals surface area contributed by atoms with E-state index in [9.17, 15) is 26.4 Å². The second-order valence-corrected chi connectivity index (χ2v) is 11.2. The van der Waals surface area contributed by atoms with Gasteiger partial charge in [0, 0.05) is 6.04 Å². The lowest BCUT2D eigenvalue weighted by atomic mass is 9.90. The third-order valence-corrected chi connectivity index (χ3v) is 9.09. The summed E-state index contributed by atoms with van der Waals surface area (Å²) >= 11 is 0. The molecular formula is C24H25F4NO4S. The van der Waals surface area contributed by atoms with Crippen LogP contribution in [0.4, 0.5) is 17.6 Å². The number of amides is 1. The fraction of sp³-hybridized carbons (Fsp3) is 0.458. The molecule has 0 aliphatic heterocycles. The molecule has 2 aliphatic rings. The summed E-state index contributed by atoms with van der Waals surface area (Å²) in [6.45, 7) is 0. The van der Waals surface area contributed by atoms with Crippen molar-refractivity contribution in [2.45, 2.75) is 66.1 Å². The Balaban J connectivity index is 1.43. The van der Waals surface area contributed by atoms with Crippen LogP contribution in [0.15, 0.2) is 53.4 Å². The van der Waals surface area contributed by atoms with Gasteiger partial charge in [-0.25, -0.2) is 12.8 Å². The minimum atomic E-state index is -4.74. The van der Waals surface area contributed by atoms with Crippen molar-refractivity contribution in [2.75, 3.05) is 7.11 Å². The standard InChI is InChI=1S/C24H25F4NO4S/c1-33-19-7-5-16(6-8-19)22(13-14-22)21(30)29-18-9-11-23(25,12-10-18)34(31,32)20-4-2-3-17(15-20)24(26,27)28/h2-8,15,18H,9-14H2,1H3,(H,29,30)/t18-,23+. The van der Waals surface area contributed by atoms with E-state index in [0.717, 1.165) is 23.8 Å².